The molecule has 1 N–H and O–H groups in total. The van der Waals surface area contributed by atoms with Crippen LogP contribution in [0, 0.1) is 5.92 Å². The number of amides is 2. The van der Waals surface area contributed by atoms with E-state index in [0.717, 1.165) is 18.4 Å². The molecular weight excluding hydrogens is 316 g/mol. The zero-order valence-corrected chi connectivity index (χ0v) is 16.0. The lowest BCUT2D eigenvalue weighted by atomic mass is 9.96. The summed E-state index contributed by atoms with van der Waals surface area (Å²) in [6.45, 7) is 5.48. The van der Waals surface area contributed by atoms with Gasteiger partial charge in [-0.05, 0) is 24.8 Å². The van der Waals surface area contributed by atoms with Crippen molar-refractivity contribution in [2.45, 2.75) is 58.5 Å². The molecule has 0 spiro atoms. The summed E-state index contributed by atoms with van der Waals surface area (Å²) < 4.78 is 10.9. The minimum absolute atomic E-state index is 0.0190. The second-order valence-electron chi connectivity index (χ2n) is 7.21. The molecule has 5 nitrogen and oxygen atoms in total. The van der Waals surface area contributed by atoms with Crippen molar-refractivity contribution in [2.75, 3.05) is 20.8 Å². The number of para-hydroxylation sites is 1. The lowest BCUT2D eigenvalue weighted by Gasteiger charge is -2.30. The average Bonchev–Trinajstić information content (AvgIpc) is 2.61. The highest BCUT2D eigenvalue weighted by Gasteiger charge is 2.22. The first-order valence-electron chi connectivity index (χ1n) is 9.30. The van der Waals surface area contributed by atoms with Crippen molar-refractivity contribution in [2.24, 2.45) is 5.92 Å². The SMILES string of the molecule is COc1cccc(CN(CC(C)C)C(=O)NC2CCCCC2)c1OC. The Balaban J connectivity index is 2.13. The van der Waals surface area contributed by atoms with Gasteiger partial charge >= 0.3 is 6.03 Å². The van der Waals surface area contributed by atoms with Crippen LogP contribution in [-0.4, -0.2) is 37.7 Å². The molecular formula is C20H32N2O3. The fourth-order valence-electron chi connectivity index (χ4n) is 3.46. The van der Waals surface area contributed by atoms with E-state index < -0.39 is 0 Å². The first kappa shape index (κ1) is 19.4. The van der Waals surface area contributed by atoms with Gasteiger partial charge in [0.2, 0.25) is 0 Å². The maximum atomic E-state index is 12.8. The predicted molar refractivity (Wildman–Crippen MR) is 100 cm³/mol. The molecule has 0 aromatic heterocycles. The molecule has 0 heterocycles. The Morgan fingerprint density at radius 2 is 1.92 bits per heavy atom. The summed E-state index contributed by atoms with van der Waals surface area (Å²) in [5.41, 5.74) is 0.960. The molecule has 2 rings (SSSR count). The number of urea groups is 1. The number of rotatable bonds is 7. The van der Waals surface area contributed by atoms with Crippen LogP contribution in [-0.2, 0) is 6.54 Å². The first-order chi connectivity index (χ1) is 12.0. The quantitative estimate of drug-likeness (QED) is 0.803. The molecule has 1 aliphatic rings. The summed E-state index contributed by atoms with van der Waals surface area (Å²) in [4.78, 5) is 14.7. The summed E-state index contributed by atoms with van der Waals surface area (Å²) in [6.07, 6.45) is 5.87. The summed E-state index contributed by atoms with van der Waals surface area (Å²) in [5, 5.41) is 3.23. The third kappa shape index (κ3) is 5.55. The van der Waals surface area contributed by atoms with Crippen molar-refractivity contribution in [1.82, 2.24) is 10.2 Å². The van der Waals surface area contributed by atoms with Gasteiger partial charge in [-0.1, -0.05) is 45.2 Å². The number of carbonyl (C=O) groups excluding carboxylic acids is 1. The van der Waals surface area contributed by atoms with E-state index in [1.807, 2.05) is 23.1 Å². The number of nitrogens with zero attached hydrogens (tertiary/aromatic N) is 1. The molecule has 140 valence electrons. The lowest BCUT2D eigenvalue weighted by molar-refractivity contribution is 0.179. The van der Waals surface area contributed by atoms with Crippen LogP contribution in [0.5, 0.6) is 11.5 Å². The summed E-state index contributed by atoms with van der Waals surface area (Å²) in [5.74, 6) is 1.79. The van der Waals surface area contributed by atoms with Crippen LogP contribution in [0.4, 0.5) is 4.79 Å². The van der Waals surface area contributed by atoms with E-state index in [4.69, 9.17) is 9.47 Å². The number of carbonyl (C=O) groups is 1. The molecule has 2 amide bonds. The van der Waals surface area contributed by atoms with E-state index in [0.29, 0.717) is 36.5 Å². The number of nitrogens with one attached hydrogen (secondary N) is 1. The molecule has 25 heavy (non-hydrogen) atoms. The summed E-state index contributed by atoms with van der Waals surface area (Å²) in [7, 11) is 3.26. The molecule has 0 radical (unpaired) electrons. The Morgan fingerprint density at radius 1 is 1.20 bits per heavy atom. The van der Waals surface area contributed by atoms with E-state index in [1.54, 1.807) is 14.2 Å². The van der Waals surface area contributed by atoms with Gasteiger partial charge in [0.1, 0.15) is 0 Å². The topological polar surface area (TPSA) is 50.8 Å². The number of methoxy groups -OCH3 is 2. The van der Waals surface area contributed by atoms with Crippen molar-refractivity contribution in [1.29, 1.82) is 0 Å². The van der Waals surface area contributed by atoms with E-state index >= 15 is 0 Å². The van der Waals surface area contributed by atoms with E-state index in [1.165, 1.54) is 19.3 Å². The minimum Gasteiger partial charge on any atom is -0.493 e. The highest BCUT2D eigenvalue weighted by atomic mass is 16.5. The molecule has 0 atom stereocenters. The van der Waals surface area contributed by atoms with Crippen molar-refractivity contribution in [3.63, 3.8) is 0 Å². The van der Waals surface area contributed by atoms with Gasteiger partial charge in [0.25, 0.3) is 0 Å². The second-order valence-corrected chi connectivity index (χ2v) is 7.21. The maximum Gasteiger partial charge on any atom is 0.317 e. The Morgan fingerprint density at radius 3 is 2.52 bits per heavy atom. The number of ether oxygens (including phenoxy) is 2. The first-order valence-corrected chi connectivity index (χ1v) is 9.30. The van der Waals surface area contributed by atoms with Gasteiger partial charge in [0, 0.05) is 18.2 Å². The molecule has 1 aliphatic carbocycles. The van der Waals surface area contributed by atoms with Crippen molar-refractivity contribution >= 4 is 6.03 Å². The smallest absolute Gasteiger partial charge is 0.317 e. The Labute approximate surface area is 151 Å². The summed E-state index contributed by atoms with van der Waals surface area (Å²) >= 11 is 0. The lowest BCUT2D eigenvalue weighted by Crippen LogP contribution is -2.46. The highest BCUT2D eigenvalue weighted by molar-refractivity contribution is 5.74. The normalized spacial score (nSPS) is 15.1. The maximum absolute atomic E-state index is 12.8. The third-order valence-electron chi connectivity index (χ3n) is 4.65. The van der Waals surface area contributed by atoms with Gasteiger partial charge in [-0.3, -0.25) is 0 Å². The van der Waals surface area contributed by atoms with E-state index in [9.17, 15) is 4.79 Å². The molecule has 1 aromatic carbocycles. The minimum atomic E-state index is 0.0190. The van der Waals surface area contributed by atoms with Gasteiger partial charge in [0.05, 0.1) is 20.8 Å². The highest BCUT2D eigenvalue weighted by Crippen LogP contribution is 2.31. The predicted octanol–water partition coefficient (Wildman–Crippen LogP) is 4.20. The fourth-order valence-corrected chi connectivity index (χ4v) is 3.46. The number of hydrogen-bond donors (Lipinski definition) is 1. The molecule has 5 heteroatoms. The molecule has 0 saturated heterocycles. The molecule has 1 aromatic rings. The molecule has 1 saturated carbocycles. The van der Waals surface area contributed by atoms with Crippen LogP contribution in [0.15, 0.2) is 18.2 Å². The van der Waals surface area contributed by atoms with Gasteiger partial charge < -0.3 is 19.7 Å². The zero-order valence-electron chi connectivity index (χ0n) is 16.0. The van der Waals surface area contributed by atoms with Crippen LogP contribution in [0.2, 0.25) is 0 Å². The van der Waals surface area contributed by atoms with Crippen LogP contribution < -0.4 is 14.8 Å². The Kier molecular flexibility index (Phi) is 7.41. The molecule has 0 unspecified atom stereocenters. The van der Waals surface area contributed by atoms with Crippen molar-refractivity contribution in [3.8, 4) is 11.5 Å². The van der Waals surface area contributed by atoms with Crippen LogP contribution in [0.1, 0.15) is 51.5 Å². The van der Waals surface area contributed by atoms with Crippen LogP contribution in [0.3, 0.4) is 0 Å². The Hall–Kier alpha value is -1.91. The van der Waals surface area contributed by atoms with Crippen LogP contribution in [0.25, 0.3) is 0 Å². The van der Waals surface area contributed by atoms with Gasteiger partial charge in [-0.2, -0.15) is 0 Å². The monoisotopic (exact) mass is 348 g/mol. The van der Waals surface area contributed by atoms with Crippen LogP contribution >= 0.6 is 0 Å². The third-order valence-corrected chi connectivity index (χ3v) is 4.65. The van der Waals surface area contributed by atoms with Crippen molar-refractivity contribution in [3.05, 3.63) is 23.8 Å². The Bertz CT molecular complexity index is 554. The molecule has 0 aliphatic heterocycles. The van der Waals surface area contributed by atoms with Gasteiger partial charge in [0.15, 0.2) is 11.5 Å². The average molecular weight is 348 g/mol. The number of benzene rings is 1. The van der Waals surface area contributed by atoms with Gasteiger partial charge in [-0.15, -0.1) is 0 Å². The van der Waals surface area contributed by atoms with E-state index in [2.05, 4.69) is 19.2 Å². The largest absolute Gasteiger partial charge is 0.493 e. The second kappa shape index (κ2) is 9.54. The van der Waals surface area contributed by atoms with Gasteiger partial charge in [-0.25, -0.2) is 4.79 Å². The van der Waals surface area contributed by atoms with E-state index in [-0.39, 0.29) is 6.03 Å². The zero-order chi connectivity index (χ0) is 18.2. The standard InChI is InChI=1S/C20H32N2O3/c1-15(2)13-22(20(23)21-17-10-6-5-7-11-17)14-16-9-8-12-18(24-3)19(16)25-4/h8-9,12,15,17H,5-7,10-11,13-14H2,1-4H3,(H,21,23). The summed E-state index contributed by atoms with van der Waals surface area (Å²) in [6, 6.07) is 6.12. The molecule has 1 fully saturated rings. The number of hydrogen-bond acceptors (Lipinski definition) is 3. The fraction of sp³-hybridized carbons (Fsp3) is 0.650. The van der Waals surface area contributed by atoms with Crippen molar-refractivity contribution < 1.29 is 14.3 Å². The molecule has 0 bridgehead atoms.